The molecule has 4 heterocycles. The van der Waals surface area contributed by atoms with Crippen molar-refractivity contribution in [1.29, 1.82) is 0 Å². The molecule has 0 fully saturated rings. The second-order valence-electron chi connectivity index (χ2n) is 14.0. The van der Waals surface area contributed by atoms with E-state index in [2.05, 4.69) is 109 Å². The molecule has 0 amide bonds. The molecule has 4 aromatic heterocycles. The zero-order valence-corrected chi connectivity index (χ0v) is 31.6. The third-order valence-electron chi connectivity index (χ3n) is 10.4. The van der Waals surface area contributed by atoms with Crippen molar-refractivity contribution in [2.75, 3.05) is 0 Å². The van der Waals surface area contributed by atoms with E-state index in [-0.39, 0.29) is 5.92 Å². The maximum atomic E-state index is 5.33. The molecule has 1 unspecified atom stereocenters. The molecule has 6 aromatic carbocycles. The predicted octanol–water partition coefficient (Wildman–Crippen LogP) is 13.3. The van der Waals surface area contributed by atoms with E-state index in [4.69, 9.17) is 24.9 Å². The van der Waals surface area contributed by atoms with Gasteiger partial charge in [0.1, 0.15) is 5.82 Å². The molecular weight excluding hydrogens is 723 g/mol. The van der Waals surface area contributed by atoms with Gasteiger partial charge in [-0.3, -0.25) is 0 Å². The number of thiophene rings is 2. The van der Waals surface area contributed by atoms with Crippen LogP contribution in [0.1, 0.15) is 18.2 Å². The average Bonchev–Trinajstić information content (AvgIpc) is 3.85. The number of aromatic nitrogens is 5. The third kappa shape index (κ3) is 5.71. The maximum Gasteiger partial charge on any atom is 0.164 e. The van der Waals surface area contributed by atoms with Crippen LogP contribution in [0.2, 0.25) is 0 Å². The van der Waals surface area contributed by atoms with Gasteiger partial charge in [-0.2, -0.15) is 0 Å². The molecule has 0 bridgehead atoms. The molecule has 0 spiro atoms. The van der Waals surface area contributed by atoms with E-state index in [9.17, 15) is 0 Å². The van der Waals surface area contributed by atoms with E-state index in [0.717, 1.165) is 56.0 Å². The lowest BCUT2D eigenvalue weighted by molar-refractivity contribution is 0.782. The standard InChI is InChI=1S/C49H31N5S2/c1-4-14-30(15-5-1)46-50-43(45-44(51-46)37-22-10-11-24-39(37)56-45)34-21-12-20-33(28-34)36-23-13-25-41-42(36)38-29-35(26-27-40(38)55-41)49-53-47(31-16-6-2-7-17-31)52-48(54-49)32-18-8-3-9-19-32/h1-14,16-30H,15H2. The van der Waals surface area contributed by atoms with Crippen LogP contribution in [0, 0.1) is 0 Å². The van der Waals surface area contributed by atoms with Gasteiger partial charge in [-0.25, -0.2) is 24.9 Å². The maximum absolute atomic E-state index is 5.33. The van der Waals surface area contributed by atoms with E-state index in [1.54, 1.807) is 11.3 Å². The van der Waals surface area contributed by atoms with Crippen molar-refractivity contribution in [2.24, 2.45) is 0 Å². The first-order valence-electron chi connectivity index (χ1n) is 18.7. The molecule has 0 saturated heterocycles. The Kier molecular flexibility index (Phi) is 7.93. The van der Waals surface area contributed by atoms with E-state index in [0.29, 0.717) is 17.5 Å². The van der Waals surface area contributed by atoms with Gasteiger partial charge in [-0.1, -0.05) is 133 Å². The lowest BCUT2D eigenvalue weighted by Crippen LogP contribution is -2.04. The Morgan fingerprint density at radius 2 is 1.12 bits per heavy atom. The summed E-state index contributed by atoms with van der Waals surface area (Å²) in [7, 11) is 0. The zero-order valence-electron chi connectivity index (χ0n) is 30.0. The van der Waals surface area contributed by atoms with Crippen LogP contribution in [0.25, 0.3) is 97.0 Å². The van der Waals surface area contributed by atoms with Gasteiger partial charge < -0.3 is 0 Å². The second-order valence-corrected chi connectivity index (χ2v) is 16.1. The van der Waals surface area contributed by atoms with Crippen molar-refractivity contribution < 1.29 is 0 Å². The summed E-state index contributed by atoms with van der Waals surface area (Å²) in [6.45, 7) is 0. The summed E-state index contributed by atoms with van der Waals surface area (Å²) in [5.74, 6) is 2.96. The summed E-state index contributed by atoms with van der Waals surface area (Å²) >= 11 is 3.59. The smallest absolute Gasteiger partial charge is 0.164 e. The van der Waals surface area contributed by atoms with Crippen LogP contribution >= 0.6 is 22.7 Å². The van der Waals surface area contributed by atoms with Gasteiger partial charge in [-0.05, 0) is 53.9 Å². The average molecular weight is 754 g/mol. The van der Waals surface area contributed by atoms with Crippen molar-refractivity contribution in [3.63, 3.8) is 0 Å². The number of hydrogen-bond acceptors (Lipinski definition) is 7. The van der Waals surface area contributed by atoms with Crippen molar-refractivity contribution in [3.8, 4) is 56.5 Å². The van der Waals surface area contributed by atoms with Crippen molar-refractivity contribution in [3.05, 3.63) is 176 Å². The second kappa shape index (κ2) is 13.6. The van der Waals surface area contributed by atoms with Gasteiger partial charge >= 0.3 is 0 Å². The Labute approximate surface area is 331 Å². The van der Waals surface area contributed by atoms with E-state index < -0.39 is 0 Å². The third-order valence-corrected chi connectivity index (χ3v) is 12.8. The van der Waals surface area contributed by atoms with Gasteiger partial charge in [0.2, 0.25) is 0 Å². The number of fused-ring (bicyclic) bond motifs is 6. The van der Waals surface area contributed by atoms with Crippen LogP contribution in [0.4, 0.5) is 0 Å². The normalized spacial score (nSPS) is 14.0. The quantitative estimate of drug-likeness (QED) is 0.169. The molecule has 5 nitrogen and oxygen atoms in total. The SMILES string of the molecule is C1=CCC(c2nc(-c3cccc(-c4cccc5sc6ccc(-c7nc(-c8ccccc8)nc(-c8ccccc8)n7)cc6c45)c3)c3sc4ccccc4c3n2)C=C1. The highest BCUT2D eigenvalue weighted by atomic mass is 32.1. The fourth-order valence-electron chi connectivity index (χ4n) is 7.72. The lowest BCUT2D eigenvalue weighted by Gasteiger charge is -2.14. The highest BCUT2D eigenvalue weighted by molar-refractivity contribution is 7.26. The molecule has 0 aliphatic heterocycles. The van der Waals surface area contributed by atoms with Gasteiger partial charge in [-0.15, -0.1) is 22.7 Å². The van der Waals surface area contributed by atoms with E-state index in [1.807, 2.05) is 72.0 Å². The van der Waals surface area contributed by atoms with Crippen LogP contribution in [0.5, 0.6) is 0 Å². The Bertz CT molecular complexity index is 3120. The Morgan fingerprint density at radius 1 is 0.464 bits per heavy atom. The largest absolute Gasteiger partial charge is 0.231 e. The monoisotopic (exact) mass is 753 g/mol. The highest BCUT2D eigenvalue weighted by Crippen LogP contribution is 2.44. The summed E-state index contributed by atoms with van der Waals surface area (Å²) in [5.41, 5.74) is 8.28. The lowest BCUT2D eigenvalue weighted by atomic mass is 9.96. The van der Waals surface area contributed by atoms with E-state index in [1.165, 1.54) is 35.8 Å². The summed E-state index contributed by atoms with van der Waals surface area (Å²) < 4.78 is 4.79. The molecule has 7 heteroatoms. The van der Waals surface area contributed by atoms with Crippen molar-refractivity contribution in [1.82, 2.24) is 24.9 Å². The van der Waals surface area contributed by atoms with Crippen LogP contribution < -0.4 is 0 Å². The fraction of sp³-hybridized carbons (Fsp3) is 0.0408. The highest BCUT2D eigenvalue weighted by Gasteiger charge is 2.21. The minimum Gasteiger partial charge on any atom is -0.231 e. The molecule has 264 valence electrons. The predicted molar refractivity (Wildman–Crippen MR) is 234 cm³/mol. The van der Waals surface area contributed by atoms with Crippen LogP contribution in [0.3, 0.4) is 0 Å². The molecule has 0 saturated carbocycles. The molecule has 56 heavy (non-hydrogen) atoms. The van der Waals surface area contributed by atoms with Gasteiger partial charge in [0.15, 0.2) is 17.5 Å². The molecule has 0 radical (unpaired) electrons. The van der Waals surface area contributed by atoms with Crippen molar-refractivity contribution in [2.45, 2.75) is 12.3 Å². The number of nitrogens with zero attached hydrogens (tertiary/aromatic N) is 5. The summed E-state index contributed by atoms with van der Waals surface area (Å²) in [6, 6.07) is 50.9. The molecular formula is C49H31N5S2. The Balaban J connectivity index is 1.07. The first kappa shape index (κ1) is 32.7. The molecule has 1 aliphatic carbocycles. The zero-order chi connectivity index (χ0) is 37.0. The molecule has 1 aliphatic rings. The van der Waals surface area contributed by atoms with Crippen LogP contribution in [-0.4, -0.2) is 24.9 Å². The van der Waals surface area contributed by atoms with Gasteiger partial charge in [0.25, 0.3) is 0 Å². The first-order chi connectivity index (χ1) is 27.7. The van der Waals surface area contributed by atoms with Crippen molar-refractivity contribution >= 4 is 63.1 Å². The number of hydrogen-bond donors (Lipinski definition) is 0. The van der Waals surface area contributed by atoms with Gasteiger partial charge in [0, 0.05) is 58.4 Å². The Morgan fingerprint density at radius 3 is 1.89 bits per heavy atom. The summed E-state index contributed by atoms with van der Waals surface area (Å²) in [5, 5.41) is 3.58. The minimum absolute atomic E-state index is 0.141. The molecule has 11 rings (SSSR count). The summed E-state index contributed by atoms with van der Waals surface area (Å²) in [4.78, 5) is 25.5. The van der Waals surface area contributed by atoms with E-state index >= 15 is 0 Å². The minimum atomic E-state index is 0.141. The topological polar surface area (TPSA) is 64.5 Å². The fourth-order valence-corrected chi connectivity index (χ4v) is 9.99. The molecule has 0 N–H and O–H groups in total. The molecule has 1 atom stereocenters. The first-order valence-corrected chi connectivity index (χ1v) is 20.3. The number of rotatable bonds is 6. The van der Waals surface area contributed by atoms with Crippen LogP contribution in [-0.2, 0) is 0 Å². The van der Waals surface area contributed by atoms with Gasteiger partial charge in [0.05, 0.1) is 15.9 Å². The number of allylic oxidation sites excluding steroid dienone is 4. The Hall–Kier alpha value is -6.67. The van der Waals surface area contributed by atoms with Crippen LogP contribution in [0.15, 0.2) is 170 Å². The number of benzene rings is 6. The molecule has 10 aromatic rings. The summed E-state index contributed by atoms with van der Waals surface area (Å²) in [6.07, 6.45) is 9.52.